The first-order valence-electron chi connectivity index (χ1n) is 5.21. The lowest BCUT2D eigenvalue weighted by atomic mass is 10.3. The van der Waals surface area contributed by atoms with Gasteiger partial charge in [-0.3, -0.25) is 4.18 Å². The third-order valence-electron chi connectivity index (χ3n) is 2.01. The SMILES string of the molecule is CCS(=O)(=O)OCCOc1cccc(OC)c1. The summed E-state index contributed by atoms with van der Waals surface area (Å²) in [5.41, 5.74) is 0. The second-order valence-corrected chi connectivity index (χ2v) is 5.12. The fourth-order valence-electron chi connectivity index (χ4n) is 1.09. The molecule has 96 valence electrons. The summed E-state index contributed by atoms with van der Waals surface area (Å²) in [7, 11) is -1.83. The molecule has 0 saturated carbocycles. The molecule has 1 aromatic rings. The molecule has 0 amide bonds. The van der Waals surface area contributed by atoms with Gasteiger partial charge in [-0.2, -0.15) is 8.42 Å². The zero-order valence-electron chi connectivity index (χ0n) is 9.88. The molecular formula is C11H16O5S. The van der Waals surface area contributed by atoms with Crippen molar-refractivity contribution < 1.29 is 22.1 Å². The molecule has 0 N–H and O–H groups in total. The fourth-order valence-corrected chi connectivity index (χ4v) is 1.58. The van der Waals surface area contributed by atoms with E-state index in [1.807, 2.05) is 0 Å². The molecule has 0 atom stereocenters. The molecule has 17 heavy (non-hydrogen) atoms. The van der Waals surface area contributed by atoms with E-state index in [4.69, 9.17) is 9.47 Å². The molecule has 0 fully saturated rings. The minimum Gasteiger partial charge on any atom is -0.497 e. The lowest BCUT2D eigenvalue weighted by Crippen LogP contribution is -2.14. The van der Waals surface area contributed by atoms with Gasteiger partial charge in [0.15, 0.2) is 0 Å². The van der Waals surface area contributed by atoms with E-state index in [1.54, 1.807) is 31.4 Å². The van der Waals surface area contributed by atoms with E-state index < -0.39 is 10.1 Å². The van der Waals surface area contributed by atoms with Crippen LogP contribution in [0, 0.1) is 0 Å². The Hall–Kier alpha value is -1.27. The van der Waals surface area contributed by atoms with E-state index in [1.165, 1.54) is 6.92 Å². The first-order chi connectivity index (χ1) is 8.07. The minimum absolute atomic E-state index is 0.00732. The molecule has 0 spiro atoms. The largest absolute Gasteiger partial charge is 0.497 e. The van der Waals surface area contributed by atoms with Crippen molar-refractivity contribution >= 4 is 10.1 Å². The van der Waals surface area contributed by atoms with Crippen LogP contribution in [0.5, 0.6) is 11.5 Å². The first-order valence-corrected chi connectivity index (χ1v) is 6.79. The topological polar surface area (TPSA) is 61.8 Å². The molecule has 0 saturated heterocycles. The number of hydrogen-bond donors (Lipinski definition) is 0. The second kappa shape index (κ2) is 6.46. The summed E-state index contributed by atoms with van der Waals surface area (Å²) >= 11 is 0. The van der Waals surface area contributed by atoms with Crippen molar-refractivity contribution in [3.05, 3.63) is 24.3 Å². The summed E-state index contributed by atoms with van der Waals surface area (Å²) < 4.78 is 37.0. The summed E-state index contributed by atoms with van der Waals surface area (Å²) in [6.07, 6.45) is 0. The molecule has 1 aromatic carbocycles. The lowest BCUT2D eigenvalue weighted by molar-refractivity contribution is 0.221. The molecule has 6 heteroatoms. The first kappa shape index (κ1) is 13.8. The summed E-state index contributed by atoms with van der Waals surface area (Å²) in [5.74, 6) is 1.26. The summed E-state index contributed by atoms with van der Waals surface area (Å²) in [5, 5.41) is 0. The van der Waals surface area contributed by atoms with Crippen molar-refractivity contribution in [3.8, 4) is 11.5 Å². The van der Waals surface area contributed by atoms with Crippen LogP contribution in [0.3, 0.4) is 0 Å². The Kier molecular flexibility index (Phi) is 5.24. The van der Waals surface area contributed by atoms with E-state index in [2.05, 4.69) is 4.18 Å². The van der Waals surface area contributed by atoms with Crippen molar-refractivity contribution in [2.75, 3.05) is 26.1 Å². The van der Waals surface area contributed by atoms with Gasteiger partial charge in [0.1, 0.15) is 24.7 Å². The van der Waals surface area contributed by atoms with Crippen molar-refractivity contribution in [2.24, 2.45) is 0 Å². The Morgan fingerprint density at radius 1 is 1.18 bits per heavy atom. The third-order valence-corrected chi connectivity index (χ3v) is 3.24. The van der Waals surface area contributed by atoms with E-state index >= 15 is 0 Å². The van der Waals surface area contributed by atoms with Gasteiger partial charge in [-0.05, 0) is 19.1 Å². The molecule has 0 unspecified atom stereocenters. The van der Waals surface area contributed by atoms with Crippen molar-refractivity contribution in [1.29, 1.82) is 0 Å². The van der Waals surface area contributed by atoms with Gasteiger partial charge in [0.05, 0.1) is 12.9 Å². The fraction of sp³-hybridized carbons (Fsp3) is 0.455. The number of ether oxygens (including phenoxy) is 2. The molecule has 0 aliphatic heterocycles. The van der Waals surface area contributed by atoms with Gasteiger partial charge in [-0.25, -0.2) is 0 Å². The number of benzene rings is 1. The lowest BCUT2D eigenvalue weighted by Gasteiger charge is -2.07. The van der Waals surface area contributed by atoms with E-state index in [9.17, 15) is 8.42 Å². The van der Waals surface area contributed by atoms with E-state index in [0.29, 0.717) is 11.5 Å². The van der Waals surface area contributed by atoms with E-state index in [0.717, 1.165) is 0 Å². The van der Waals surface area contributed by atoms with Crippen LogP contribution in [-0.4, -0.2) is 34.5 Å². The highest BCUT2D eigenvalue weighted by atomic mass is 32.2. The Bertz CT molecular complexity index is 441. The maximum absolute atomic E-state index is 11.0. The Balaban J connectivity index is 2.36. The molecule has 0 aliphatic carbocycles. The molecule has 5 nitrogen and oxygen atoms in total. The van der Waals surface area contributed by atoms with Crippen LogP contribution < -0.4 is 9.47 Å². The van der Waals surface area contributed by atoms with Crippen LogP contribution in [0.25, 0.3) is 0 Å². The smallest absolute Gasteiger partial charge is 0.267 e. The molecule has 0 heterocycles. The standard InChI is InChI=1S/C11H16O5S/c1-3-17(12,13)16-8-7-15-11-6-4-5-10(9-11)14-2/h4-6,9H,3,7-8H2,1-2H3. The summed E-state index contributed by atoms with van der Waals surface area (Å²) in [6.45, 7) is 1.71. The third kappa shape index (κ3) is 5.06. The van der Waals surface area contributed by atoms with Crippen LogP contribution in [0.4, 0.5) is 0 Å². The van der Waals surface area contributed by atoms with Crippen molar-refractivity contribution in [3.63, 3.8) is 0 Å². The Morgan fingerprint density at radius 3 is 2.53 bits per heavy atom. The predicted octanol–water partition coefficient (Wildman–Crippen LogP) is 1.44. The second-order valence-electron chi connectivity index (χ2n) is 3.20. The van der Waals surface area contributed by atoms with Gasteiger partial charge in [0.25, 0.3) is 10.1 Å². The number of rotatable bonds is 7. The van der Waals surface area contributed by atoms with Crippen molar-refractivity contribution in [1.82, 2.24) is 0 Å². The highest BCUT2D eigenvalue weighted by Gasteiger charge is 2.06. The van der Waals surface area contributed by atoms with Gasteiger partial charge < -0.3 is 9.47 Å². The molecular weight excluding hydrogens is 244 g/mol. The van der Waals surface area contributed by atoms with Gasteiger partial charge in [-0.15, -0.1) is 0 Å². The molecule has 0 radical (unpaired) electrons. The van der Waals surface area contributed by atoms with E-state index in [-0.39, 0.29) is 19.0 Å². The van der Waals surface area contributed by atoms with Gasteiger partial charge >= 0.3 is 0 Å². The zero-order chi connectivity index (χ0) is 12.7. The van der Waals surface area contributed by atoms with Crippen LogP contribution >= 0.6 is 0 Å². The average molecular weight is 260 g/mol. The maximum atomic E-state index is 11.0. The summed E-state index contributed by atoms with van der Waals surface area (Å²) in [6, 6.07) is 7.06. The molecule has 0 bridgehead atoms. The summed E-state index contributed by atoms with van der Waals surface area (Å²) in [4.78, 5) is 0. The minimum atomic E-state index is -3.39. The van der Waals surface area contributed by atoms with Crippen LogP contribution in [0.1, 0.15) is 6.92 Å². The molecule has 1 rings (SSSR count). The van der Waals surface area contributed by atoms with Crippen LogP contribution in [0.2, 0.25) is 0 Å². The maximum Gasteiger partial charge on any atom is 0.267 e. The number of hydrogen-bond acceptors (Lipinski definition) is 5. The quantitative estimate of drug-likeness (QED) is 0.548. The van der Waals surface area contributed by atoms with Crippen LogP contribution in [0.15, 0.2) is 24.3 Å². The van der Waals surface area contributed by atoms with Crippen molar-refractivity contribution in [2.45, 2.75) is 6.92 Å². The van der Waals surface area contributed by atoms with Gasteiger partial charge in [0, 0.05) is 6.07 Å². The number of methoxy groups -OCH3 is 1. The van der Waals surface area contributed by atoms with Gasteiger partial charge in [0.2, 0.25) is 0 Å². The Morgan fingerprint density at radius 2 is 1.88 bits per heavy atom. The average Bonchev–Trinajstić information content (AvgIpc) is 2.35. The predicted molar refractivity (Wildman–Crippen MR) is 63.9 cm³/mol. The molecule has 0 aliphatic rings. The highest BCUT2D eigenvalue weighted by Crippen LogP contribution is 2.18. The monoisotopic (exact) mass is 260 g/mol. The van der Waals surface area contributed by atoms with Gasteiger partial charge in [-0.1, -0.05) is 6.07 Å². The highest BCUT2D eigenvalue weighted by molar-refractivity contribution is 7.86. The zero-order valence-corrected chi connectivity index (χ0v) is 10.7. The molecule has 0 aromatic heterocycles. The van der Waals surface area contributed by atoms with Crippen LogP contribution in [-0.2, 0) is 14.3 Å². The normalized spacial score (nSPS) is 11.2. The Labute approximate surface area is 101 Å².